The average molecular weight is 228 g/mol. The van der Waals surface area contributed by atoms with Gasteiger partial charge in [0.2, 0.25) is 0 Å². The lowest BCUT2D eigenvalue weighted by atomic mass is 10.2. The summed E-state index contributed by atoms with van der Waals surface area (Å²) in [6.07, 6.45) is 4.85. The van der Waals surface area contributed by atoms with Gasteiger partial charge >= 0.3 is 0 Å². The molecule has 90 valence electrons. The minimum Gasteiger partial charge on any atom is -0.0811 e. The number of allylic oxidation sites excluding steroid dienone is 2. The van der Waals surface area contributed by atoms with Crippen LogP contribution in [0, 0.1) is 0 Å². The summed E-state index contributed by atoms with van der Waals surface area (Å²) in [7, 11) is -0.0511. The summed E-state index contributed by atoms with van der Waals surface area (Å²) in [5.74, 6) is 0. The van der Waals surface area contributed by atoms with E-state index in [9.17, 15) is 0 Å². The maximum Gasteiger partial charge on any atom is -0.0138 e. The minimum atomic E-state index is -0.0511. The fourth-order valence-corrected chi connectivity index (χ4v) is 6.91. The molecular formula is C14H29P. The van der Waals surface area contributed by atoms with Crippen LogP contribution in [0.15, 0.2) is 11.4 Å². The highest BCUT2D eigenvalue weighted by atomic mass is 31.1. The predicted molar refractivity (Wildman–Crippen MR) is 75.1 cm³/mol. The monoisotopic (exact) mass is 228 g/mol. The van der Waals surface area contributed by atoms with Crippen molar-refractivity contribution in [2.45, 2.75) is 78.5 Å². The first-order valence-corrected chi connectivity index (χ1v) is 7.48. The summed E-state index contributed by atoms with van der Waals surface area (Å²) in [6.45, 7) is 18.9. The standard InChI is InChI=1S/C14H29P/c1-9-11-12(10-2)15(13(3,4)5)14(6,7)8/h11H,9-10H2,1-8H3/b12-11+. The van der Waals surface area contributed by atoms with Crippen LogP contribution in [0.2, 0.25) is 0 Å². The quantitative estimate of drug-likeness (QED) is 0.538. The molecule has 0 amide bonds. The van der Waals surface area contributed by atoms with Gasteiger partial charge in [-0.2, -0.15) is 0 Å². The molecule has 0 saturated heterocycles. The minimum absolute atomic E-state index is 0.0511. The van der Waals surface area contributed by atoms with E-state index in [-0.39, 0.29) is 7.92 Å². The van der Waals surface area contributed by atoms with E-state index in [1.807, 2.05) is 0 Å². The molecule has 0 nitrogen and oxygen atoms in total. The summed E-state index contributed by atoms with van der Waals surface area (Å²) in [6, 6.07) is 0. The first-order valence-electron chi connectivity index (χ1n) is 6.14. The van der Waals surface area contributed by atoms with Crippen molar-refractivity contribution in [1.29, 1.82) is 0 Å². The van der Waals surface area contributed by atoms with Crippen LogP contribution < -0.4 is 0 Å². The Bertz CT molecular complexity index is 198. The molecule has 1 heteroatoms. The highest BCUT2D eigenvalue weighted by molar-refractivity contribution is 7.65. The molecule has 0 bridgehead atoms. The Morgan fingerprint density at radius 3 is 1.53 bits per heavy atom. The Hall–Kier alpha value is 0.170. The van der Waals surface area contributed by atoms with Gasteiger partial charge in [-0.3, -0.25) is 0 Å². The lowest BCUT2D eigenvalue weighted by Crippen LogP contribution is -2.25. The first-order chi connectivity index (χ1) is 6.64. The van der Waals surface area contributed by atoms with Gasteiger partial charge in [0, 0.05) is 0 Å². The van der Waals surface area contributed by atoms with Crippen LogP contribution >= 0.6 is 7.92 Å². The van der Waals surface area contributed by atoms with Crippen LogP contribution in [0.5, 0.6) is 0 Å². The van der Waals surface area contributed by atoms with Gasteiger partial charge < -0.3 is 0 Å². The van der Waals surface area contributed by atoms with Crippen LogP contribution in [0.4, 0.5) is 0 Å². The number of hydrogen-bond acceptors (Lipinski definition) is 0. The number of rotatable bonds is 3. The summed E-state index contributed by atoms with van der Waals surface area (Å²) in [4.78, 5) is 0. The zero-order chi connectivity index (χ0) is 12.3. The van der Waals surface area contributed by atoms with Gasteiger partial charge in [0.05, 0.1) is 0 Å². The van der Waals surface area contributed by atoms with Gasteiger partial charge in [0.25, 0.3) is 0 Å². The highest BCUT2D eigenvalue weighted by Gasteiger charge is 2.35. The second kappa shape index (κ2) is 5.48. The molecule has 0 spiro atoms. The second-order valence-electron chi connectivity index (χ2n) is 6.13. The van der Waals surface area contributed by atoms with Crippen LogP contribution in [0.3, 0.4) is 0 Å². The van der Waals surface area contributed by atoms with Gasteiger partial charge in [0.15, 0.2) is 0 Å². The van der Waals surface area contributed by atoms with Crippen LogP contribution in [-0.2, 0) is 0 Å². The normalized spacial score (nSPS) is 14.9. The largest absolute Gasteiger partial charge is 0.0811 e. The maximum absolute atomic E-state index is 2.46. The molecule has 0 aromatic carbocycles. The van der Waals surface area contributed by atoms with Gasteiger partial charge in [-0.1, -0.05) is 69.4 Å². The molecule has 0 unspecified atom stereocenters. The molecule has 0 fully saturated rings. The molecule has 0 aromatic heterocycles. The van der Waals surface area contributed by atoms with Crippen molar-refractivity contribution in [3.63, 3.8) is 0 Å². The summed E-state index contributed by atoms with van der Waals surface area (Å²) >= 11 is 0. The third-order valence-electron chi connectivity index (χ3n) is 2.43. The first kappa shape index (κ1) is 15.2. The molecule has 0 heterocycles. The van der Waals surface area contributed by atoms with E-state index in [1.54, 1.807) is 5.31 Å². The van der Waals surface area contributed by atoms with Crippen molar-refractivity contribution in [1.82, 2.24) is 0 Å². The molecule has 0 aliphatic rings. The SMILES string of the molecule is CC/C=C(\CC)P(C(C)(C)C)C(C)(C)C. The Balaban J connectivity index is 5.20. The van der Waals surface area contributed by atoms with Crippen molar-refractivity contribution >= 4 is 7.92 Å². The van der Waals surface area contributed by atoms with Crippen molar-refractivity contribution in [2.24, 2.45) is 0 Å². The van der Waals surface area contributed by atoms with E-state index in [2.05, 4.69) is 61.5 Å². The molecule has 0 rings (SSSR count). The van der Waals surface area contributed by atoms with E-state index in [1.165, 1.54) is 12.8 Å². The molecule has 0 aliphatic carbocycles. The Morgan fingerprint density at radius 2 is 1.33 bits per heavy atom. The Kier molecular flexibility index (Phi) is 5.55. The van der Waals surface area contributed by atoms with Gasteiger partial charge in [0.1, 0.15) is 0 Å². The molecule has 0 radical (unpaired) electrons. The smallest absolute Gasteiger partial charge is 0.0138 e. The van der Waals surface area contributed by atoms with Gasteiger partial charge in [-0.05, 0) is 28.5 Å². The highest BCUT2D eigenvalue weighted by Crippen LogP contribution is 2.65. The van der Waals surface area contributed by atoms with Crippen LogP contribution in [0.1, 0.15) is 68.2 Å². The fourth-order valence-electron chi connectivity index (χ4n) is 2.50. The van der Waals surface area contributed by atoms with Crippen molar-refractivity contribution in [3.8, 4) is 0 Å². The van der Waals surface area contributed by atoms with Gasteiger partial charge in [-0.25, -0.2) is 0 Å². The van der Waals surface area contributed by atoms with E-state index < -0.39 is 0 Å². The zero-order valence-electron chi connectivity index (χ0n) is 11.9. The lowest BCUT2D eigenvalue weighted by Gasteiger charge is -2.43. The Labute approximate surface area is 98.3 Å². The molecule has 0 aromatic rings. The maximum atomic E-state index is 2.46. The fraction of sp³-hybridized carbons (Fsp3) is 0.857. The van der Waals surface area contributed by atoms with Gasteiger partial charge in [-0.15, -0.1) is 0 Å². The van der Waals surface area contributed by atoms with Crippen molar-refractivity contribution in [3.05, 3.63) is 11.4 Å². The van der Waals surface area contributed by atoms with E-state index in [4.69, 9.17) is 0 Å². The average Bonchev–Trinajstić information content (AvgIpc) is 1.98. The third kappa shape index (κ3) is 4.68. The van der Waals surface area contributed by atoms with Crippen LogP contribution in [-0.4, -0.2) is 10.3 Å². The van der Waals surface area contributed by atoms with E-state index >= 15 is 0 Å². The number of hydrogen-bond donors (Lipinski definition) is 0. The Morgan fingerprint density at radius 1 is 0.933 bits per heavy atom. The molecule has 0 N–H and O–H groups in total. The second-order valence-corrected chi connectivity index (χ2v) is 10.1. The summed E-state index contributed by atoms with van der Waals surface area (Å²) < 4.78 is 0. The van der Waals surface area contributed by atoms with E-state index in [0.29, 0.717) is 10.3 Å². The molecule has 15 heavy (non-hydrogen) atoms. The van der Waals surface area contributed by atoms with Crippen LogP contribution in [0.25, 0.3) is 0 Å². The molecule has 0 atom stereocenters. The zero-order valence-corrected chi connectivity index (χ0v) is 12.8. The third-order valence-corrected chi connectivity index (χ3v) is 6.19. The topological polar surface area (TPSA) is 0 Å². The van der Waals surface area contributed by atoms with E-state index in [0.717, 1.165) is 0 Å². The summed E-state index contributed by atoms with van der Waals surface area (Å²) in [5.41, 5.74) is 0. The van der Waals surface area contributed by atoms with Crippen molar-refractivity contribution < 1.29 is 0 Å². The molecule has 0 saturated carbocycles. The molecule has 0 aliphatic heterocycles. The molecular weight excluding hydrogens is 199 g/mol. The lowest BCUT2D eigenvalue weighted by molar-refractivity contribution is 0.708. The van der Waals surface area contributed by atoms with Crippen molar-refractivity contribution in [2.75, 3.05) is 0 Å². The summed E-state index contributed by atoms with van der Waals surface area (Å²) in [5, 5.41) is 2.54. The predicted octanol–water partition coefficient (Wildman–Crippen LogP) is 5.77.